The summed E-state index contributed by atoms with van der Waals surface area (Å²) in [7, 11) is -3.87. The van der Waals surface area contributed by atoms with E-state index in [0.717, 1.165) is 23.0 Å². The number of carbonyl (C=O) groups excluding carboxylic acids is 2. The predicted octanol–water partition coefficient (Wildman–Crippen LogP) is 4.21. The first-order valence-corrected chi connectivity index (χ1v) is 11.4. The summed E-state index contributed by atoms with van der Waals surface area (Å²) in [5.74, 6) is -1.11. The van der Waals surface area contributed by atoms with Gasteiger partial charge in [0.05, 0.1) is 6.26 Å². The number of Topliss-reactive ketones (excluding diaryl/α,β-unsaturated/α-hetero) is 1. The molecule has 1 aromatic carbocycles. The highest BCUT2D eigenvalue weighted by molar-refractivity contribution is 7.86. The van der Waals surface area contributed by atoms with E-state index in [2.05, 4.69) is 0 Å². The Kier molecular flexibility index (Phi) is 5.55. The van der Waals surface area contributed by atoms with E-state index in [0.29, 0.717) is 10.5 Å². The molecule has 29 heavy (non-hydrogen) atoms. The largest absolute Gasteiger partial charge is 0.456 e. The van der Waals surface area contributed by atoms with Crippen LogP contribution in [0.1, 0.15) is 46.6 Å². The topological polar surface area (TPSA) is 99.9 Å². The molecule has 0 radical (unpaired) electrons. The molecule has 0 spiro atoms. The normalized spacial score (nSPS) is 12.1. The second kappa shape index (κ2) is 7.64. The average Bonchev–Trinajstić information content (AvgIpc) is 3.15. The third-order valence-electron chi connectivity index (χ3n) is 3.70. The number of hydrogen-bond acceptors (Lipinski definition) is 8. The van der Waals surface area contributed by atoms with E-state index in [1.54, 1.807) is 39.0 Å². The summed E-state index contributed by atoms with van der Waals surface area (Å²) in [5, 5.41) is 2.16. The quantitative estimate of drug-likeness (QED) is 0.324. The van der Waals surface area contributed by atoms with Gasteiger partial charge in [-0.3, -0.25) is 4.79 Å². The molecule has 0 bridgehead atoms. The number of fused-ring (bicyclic) bond motifs is 1. The number of para-hydroxylation sites is 1. The van der Waals surface area contributed by atoms with Crippen molar-refractivity contribution in [2.24, 2.45) is 0 Å². The van der Waals surface area contributed by atoms with Crippen LogP contribution in [-0.2, 0) is 21.3 Å². The van der Waals surface area contributed by atoms with Gasteiger partial charge >= 0.3 is 16.1 Å². The summed E-state index contributed by atoms with van der Waals surface area (Å²) in [5.41, 5.74) is -0.295. The molecule has 0 amide bonds. The molecule has 0 aliphatic rings. The fourth-order valence-electron chi connectivity index (χ4n) is 2.63. The fraction of sp³-hybridized carbons (Fsp3) is 0.300. The van der Waals surface area contributed by atoms with Crippen molar-refractivity contribution in [3.05, 3.63) is 51.9 Å². The number of hydrogen-bond donors (Lipinski definition) is 0. The molecule has 0 fully saturated rings. The molecule has 0 aliphatic carbocycles. The third-order valence-corrected chi connectivity index (χ3v) is 5.15. The minimum Gasteiger partial charge on any atom is -0.456 e. The van der Waals surface area contributed by atoms with Crippen LogP contribution < -0.4 is 4.18 Å². The molecule has 9 heteroatoms. The van der Waals surface area contributed by atoms with Crippen molar-refractivity contribution in [2.75, 3.05) is 6.26 Å². The maximum absolute atomic E-state index is 12.7. The van der Waals surface area contributed by atoms with Crippen molar-refractivity contribution in [3.8, 4) is 5.75 Å². The molecule has 0 unspecified atom stereocenters. The van der Waals surface area contributed by atoms with Crippen LogP contribution in [0.4, 0.5) is 0 Å². The molecule has 2 heterocycles. The van der Waals surface area contributed by atoms with Crippen molar-refractivity contribution in [2.45, 2.75) is 32.8 Å². The summed E-state index contributed by atoms with van der Waals surface area (Å²) in [4.78, 5) is 25.8. The van der Waals surface area contributed by atoms with E-state index >= 15 is 0 Å². The van der Waals surface area contributed by atoms with E-state index in [4.69, 9.17) is 13.3 Å². The van der Waals surface area contributed by atoms with Gasteiger partial charge in [0.1, 0.15) is 16.7 Å². The minimum absolute atomic E-state index is 0.0696. The van der Waals surface area contributed by atoms with Gasteiger partial charge in [-0.25, -0.2) is 4.79 Å². The standard InChI is InChI=1S/C20H20O7S2/c1-20(2,3)26-19(22)18-16(27-29(4,23)24)11-28-17(18)10-13(21)15-9-12-7-5-6-8-14(12)25-15/h5-9,11H,10H2,1-4H3. The Morgan fingerprint density at radius 3 is 2.48 bits per heavy atom. The molecule has 0 saturated heterocycles. The highest BCUT2D eigenvalue weighted by atomic mass is 32.2. The van der Waals surface area contributed by atoms with E-state index in [9.17, 15) is 18.0 Å². The first-order chi connectivity index (χ1) is 13.4. The lowest BCUT2D eigenvalue weighted by Crippen LogP contribution is -2.25. The zero-order chi connectivity index (χ0) is 21.4. The Morgan fingerprint density at radius 1 is 1.17 bits per heavy atom. The van der Waals surface area contributed by atoms with E-state index in [1.165, 1.54) is 5.38 Å². The van der Waals surface area contributed by atoms with Gasteiger partial charge in [0, 0.05) is 22.1 Å². The molecule has 2 aromatic heterocycles. The number of carbonyl (C=O) groups is 2. The molecular formula is C20H20O7S2. The molecular weight excluding hydrogens is 416 g/mol. The van der Waals surface area contributed by atoms with Crippen LogP contribution in [0.2, 0.25) is 0 Å². The van der Waals surface area contributed by atoms with E-state index in [1.807, 2.05) is 12.1 Å². The van der Waals surface area contributed by atoms with Crippen molar-refractivity contribution < 1.29 is 31.3 Å². The van der Waals surface area contributed by atoms with Crippen molar-refractivity contribution >= 4 is 44.2 Å². The van der Waals surface area contributed by atoms with Gasteiger partial charge in [-0.2, -0.15) is 8.42 Å². The summed E-state index contributed by atoms with van der Waals surface area (Å²) in [6.45, 7) is 5.06. The van der Waals surface area contributed by atoms with Crippen LogP contribution in [-0.4, -0.2) is 32.0 Å². The first-order valence-electron chi connectivity index (χ1n) is 8.68. The third kappa shape index (κ3) is 5.24. The smallest absolute Gasteiger partial charge is 0.343 e. The van der Waals surface area contributed by atoms with Crippen molar-refractivity contribution in [3.63, 3.8) is 0 Å². The lowest BCUT2D eigenvalue weighted by molar-refractivity contribution is 0.00678. The summed E-state index contributed by atoms with van der Waals surface area (Å²) in [6, 6.07) is 8.84. The number of rotatable bonds is 6. The van der Waals surface area contributed by atoms with Gasteiger partial charge in [0.2, 0.25) is 5.78 Å². The zero-order valence-corrected chi connectivity index (χ0v) is 18.0. The Balaban J connectivity index is 1.95. The Bertz CT molecular complexity index is 1140. The predicted molar refractivity (Wildman–Crippen MR) is 109 cm³/mol. The fourth-order valence-corrected chi connectivity index (χ4v) is 4.08. The number of thiophene rings is 1. The highest BCUT2D eigenvalue weighted by Crippen LogP contribution is 2.33. The lowest BCUT2D eigenvalue weighted by Gasteiger charge is -2.20. The van der Waals surface area contributed by atoms with Gasteiger partial charge < -0.3 is 13.3 Å². The first kappa shape index (κ1) is 21.1. The Morgan fingerprint density at radius 2 is 1.86 bits per heavy atom. The van der Waals surface area contributed by atoms with Crippen LogP contribution in [0.25, 0.3) is 11.0 Å². The minimum atomic E-state index is -3.87. The monoisotopic (exact) mass is 436 g/mol. The summed E-state index contributed by atoms with van der Waals surface area (Å²) < 4.78 is 39.0. The van der Waals surface area contributed by atoms with E-state index in [-0.39, 0.29) is 29.3 Å². The summed E-state index contributed by atoms with van der Waals surface area (Å²) in [6.07, 6.45) is 0.717. The van der Waals surface area contributed by atoms with Gasteiger partial charge in [0.15, 0.2) is 11.5 Å². The van der Waals surface area contributed by atoms with Crippen molar-refractivity contribution in [1.29, 1.82) is 0 Å². The number of benzene rings is 1. The molecule has 3 aromatic rings. The molecule has 0 atom stereocenters. The molecule has 154 valence electrons. The SMILES string of the molecule is CC(C)(C)OC(=O)c1c(OS(C)(=O)=O)csc1CC(=O)c1cc2ccccc2o1. The number of ketones is 1. The van der Waals surface area contributed by atoms with Gasteiger partial charge in [0.25, 0.3) is 0 Å². The maximum atomic E-state index is 12.7. The molecule has 7 nitrogen and oxygen atoms in total. The molecule has 0 N–H and O–H groups in total. The van der Waals surface area contributed by atoms with Crippen LogP contribution in [0, 0.1) is 0 Å². The van der Waals surface area contributed by atoms with Crippen LogP contribution in [0.5, 0.6) is 5.75 Å². The zero-order valence-electron chi connectivity index (χ0n) is 16.3. The average molecular weight is 437 g/mol. The maximum Gasteiger partial charge on any atom is 0.343 e. The Labute approximate surface area is 172 Å². The number of ether oxygens (including phenoxy) is 1. The molecule has 0 saturated carbocycles. The van der Waals surface area contributed by atoms with Gasteiger partial charge in [-0.1, -0.05) is 18.2 Å². The highest BCUT2D eigenvalue weighted by Gasteiger charge is 2.29. The molecule has 3 rings (SSSR count). The summed E-state index contributed by atoms with van der Waals surface area (Å²) >= 11 is 1.05. The van der Waals surface area contributed by atoms with E-state index < -0.39 is 21.7 Å². The van der Waals surface area contributed by atoms with Gasteiger partial charge in [-0.05, 0) is 32.9 Å². The van der Waals surface area contributed by atoms with Gasteiger partial charge in [-0.15, -0.1) is 11.3 Å². The number of furan rings is 1. The lowest BCUT2D eigenvalue weighted by atomic mass is 10.1. The second-order valence-corrected chi connectivity index (χ2v) is 9.98. The Hall–Kier alpha value is -2.65. The number of esters is 1. The van der Waals surface area contributed by atoms with Crippen LogP contribution >= 0.6 is 11.3 Å². The van der Waals surface area contributed by atoms with Crippen molar-refractivity contribution in [1.82, 2.24) is 0 Å². The van der Waals surface area contributed by atoms with Crippen LogP contribution in [0.15, 0.2) is 40.1 Å². The molecule has 0 aliphatic heterocycles. The van der Waals surface area contributed by atoms with Crippen LogP contribution in [0.3, 0.4) is 0 Å². The second-order valence-electron chi connectivity index (χ2n) is 7.44.